The van der Waals surface area contributed by atoms with Gasteiger partial charge in [0.2, 0.25) is 0 Å². The highest BCUT2D eigenvalue weighted by Crippen LogP contribution is 2.34. The summed E-state index contributed by atoms with van der Waals surface area (Å²) in [7, 11) is 0. The van der Waals surface area contributed by atoms with Crippen LogP contribution in [0.5, 0.6) is 0 Å². The van der Waals surface area contributed by atoms with Crippen LogP contribution in [0.2, 0.25) is 0 Å². The van der Waals surface area contributed by atoms with Gasteiger partial charge < -0.3 is 10.1 Å². The molecule has 2 aliphatic heterocycles. The van der Waals surface area contributed by atoms with Gasteiger partial charge in [-0.2, -0.15) is 0 Å². The van der Waals surface area contributed by atoms with Crippen molar-refractivity contribution in [2.45, 2.75) is 25.7 Å². The van der Waals surface area contributed by atoms with E-state index in [4.69, 9.17) is 4.74 Å². The summed E-state index contributed by atoms with van der Waals surface area (Å²) in [5.74, 6) is 0. The molecular formula is C9H17NO. The van der Waals surface area contributed by atoms with Crippen LogP contribution in [0.3, 0.4) is 0 Å². The molecule has 1 spiro atoms. The quantitative estimate of drug-likeness (QED) is 0.567. The normalized spacial score (nSPS) is 39.3. The van der Waals surface area contributed by atoms with Crippen LogP contribution < -0.4 is 5.32 Å². The fourth-order valence-electron chi connectivity index (χ4n) is 2.28. The van der Waals surface area contributed by atoms with Crippen molar-refractivity contribution in [3.05, 3.63) is 0 Å². The molecular weight excluding hydrogens is 138 g/mol. The summed E-state index contributed by atoms with van der Waals surface area (Å²) in [6.07, 6.45) is 5.35. The van der Waals surface area contributed by atoms with Gasteiger partial charge in [0.05, 0.1) is 6.61 Å². The van der Waals surface area contributed by atoms with Crippen molar-refractivity contribution >= 4 is 0 Å². The Hall–Kier alpha value is -0.0800. The minimum atomic E-state index is 0.524. The molecule has 11 heavy (non-hydrogen) atoms. The first-order valence-corrected chi connectivity index (χ1v) is 4.70. The minimum absolute atomic E-state index is 0.524. The van der Waals surface area contributed by atoms with Crippen LogP contribution >= 0.6 is 0 Å². The molecule has 0 aromatic heterocycles. The molecule has 0 radical (unpaired) electrons. The van der Waals surface area contributed by atoms with Gasteiger partial charge in [0.15, 0.2) is 0 Å². The molecule has 2 heterocycles. The summed E-state index contributed by atoms with van der Waals surface area (Å²) in [6, 6.07) is 0. The Morgan fingerprint density at radius 2 is 2.09 bits per heavy atom. The van der Waals surface area contributed by atoms with Gasteiger partial charge >= 0.3 is 0 Å². The van der Waals surface area contributed by atoms with Crippen molar-refractivity contribution in [3.63, 3.8) is 0 Å². The number of nitrogens with one attached hydrogen (secondary N) is 1. The lowest BCUT2D eigenvalue weighted by molar-refractivity contribution is -0.0202. The second-order valence-corrected chi connectivity index (χ2v) is 3.94. The molecule has 2 rings (SSSR count). The summed E-state index contributed by atoms with van der Waals surface area (Å²) >= 11 is 0. The minimum Gasteiger partial charge on any atom is -0.381 e. The summed E-state index contributed by atoms with van der Waals surface area (Å²) in [5.41, 5.74) is 0.524. The predicted molar refractivity (Wildman–Crippen MR) is 44.6 cm³/mol. The molecule has 0 saturated carbocycles. The van der Waals surface area contributed by atoms with E-state index in [1.54, 1.807) is 0 Å². The Balaban J connectivity index is 1.94. The van der Waals surface area contributed by atoms with Gasteiger partial charge in [0.25, 0.3) is 0 Å². The highest BCUT2D eigenvalue weighted by molar-refractivity contribution is 4.86. The summed E-state index contributed by atoms with van der Waals surface area (Å²) in [4.78, 5) is 0. The van der Waals surface area contributed by atoms with E-state index in [9.17, 15) is 0 Å². The van der Waals surface area contributed by atoms with E-state index in [2.05, 4.69) is 5.32 Å². The molecule has 2 fully saturated rings. The van der Waals surface area contributed by atoms with Crippen LogP contribution in [0.4, 0.5) is 0 Å². The zero-order chi connectivity index (χ0) is 7.57. The Morgan fingerprint density at radius 1 is 1.18 bits per heavy atom. The third-order valence-electron chi connectivity index (χ3n) is 2.96. The Labute approximate surface area is 68.3 Å². The SMILES string of the molecule is C1CNC[C@]2(C1)CCCOC2. The first-order chi connectivity index (χ1) is 5.41. The number of hydrogen-bond acceptors (Lipinski definition) is 2. The van der Waals surface area contributed by atoms with E-state index in [1.807, 2.05) is 0 Å². The van der Waals surface area contributed by atoms with Crippen LogP contribution in [-0.4, -0.2) is 26.3 Å². The third-order valence-corrected chi connectivity index (χ3v) is 2.96. The summed E-state index contributed by atoms with van der Waals surface area (Å²) in [6.45, 7) is 4.39. The Morgan fingerprint density at radius 3 is 2.73 bits per heavy atom. The first kappa shape index (κ1) is 7.56. The maximum atomic E-state index is 5.52. The standard InChI is InChI=1S/C9H17NO/c1-3-9(7-10-5-1)4-2-6-11-8-9/h10H,1-8H2/t9-/m0/s1. The lowest BCUT2D eigenvalue weighted by Crippen LogP contribution is -2.45. The van der Waals surface area contributed by atoms with Crippen LogP contribution in [0.15, 0.2) is 0 Å². The molecule has 64 valence electrons. The van der Waals surface area contributed by atoms with Gasteiger partial charge in [-0.3, -0.25) is 0 Å². The van der Waals surface area contributed by atoms with Crippen molar-refractivity contribution in [1.82, 2.24) is 5.32 Å². The molecule has 2 heteroatoms. The van der Waals surface area contributed by atoms with E-state index >= 15 is 0 Å². The number of rotatable bonds is 0. The van der Waals surface area contributed by atoms with Crippen molar-refractivity contribution in [2.75, 3.05) is 26.3 Å². The van der Waals surface area contributed by atoms with Gasteiger partial charge in [-0.1, -0.05) is 0 Å². The van der Waals surface area contributed by atoms with Gasteiger partial charge in [-0.25, -0.2) is 0 Å². The van der Waals surface area contributed by atoms with Crippen LogP contribution in [0.25, 0.3) is 0 Å². The summed E-state index contributed by atoms with van der Waals surface area (Å²) < 4.78 is 5.52. The van der Waals surface area contributed by atoms with Crippen molar-refractivity contribution < 1.29 is 4.74 Å². The molecule has 2 nitrogen and oxygen atoms in total. The number of hydrogen-bond donors (Lipinski definition) is 1. The van der Waals surface area contributed by atoms with Gasteiger partial charge in [-0.05, 0) is 32.2 Å². The Kier molecular flexibility index (Phi) is 2.14. The topological polar surface area (TPSA) is 21.3 Å². The van der Waals surface area contributed by atoms with Crippen LogP contribution in [-0.2, 0) is 4.74 Å². The fraction of sp³-hybridized carbons (Fsp3) is 1.00. The fourth-order valence-corrected chi connectivity index (χ4v) is 2.28. The van der Waals surface area contributed by atoms with Crippen molar-refractivity contribution in [2.24, 2.45) is 5.41 Å². The molecule has 0 aromatic rings. The summed E-state index contributed by atoms with van der Waals surface area (Å²) in [5, 5.41) is 3.47. The molecule has 1 atom stereocenters. The Bertz CT molecular complexity index is 104. The second-order valence-electron chi connectivity index (χ2n) is 3.94. The highest BCUT2D eigenvalue weighted by atomic mass is 16.5. The number of ether oxygens (including phenoxy) is 1. The van der Waals surface area contributed by atoms with E-state index in [0.717, 1.165) is 13.2 Å². The van der Waals surface area contributed by atoms with E-state index < -0.39 is 0 Å². The van der Waals surface area contributed by atoms with Crippen molar-refractivity contribution in [1.29, 1.82) is 0 Å². The zero-order valence-electron chi connectivity index (χ0n) is 7.07. The molecule has 2 saturated heterocycles. The number of piperidine rings is 1. The molecule has 0 aromatic carbocycles. The first-order valence-electron chi connectivity index (χ1n) is 4.70. The van der Waals surface area contributed by atoms with Gasteiger partial charge in [0, 0.05) is 18.6 Å². The zero-order valence-corrected chi connectivity index (χ0v) is 7.07. The molecule has 0 aliphatic carbocycles. The average molecular weight is 155 g/mol. The largest absolute Gasteiger partial charge is 0.381 e. The molecule has 0 unspecified atom stereocenters. The highest BCUT2D eigenvalue weighted by Gasteiger charge is 2.33. The maximum Gasteiger partial charge on any atom is 0.0534 e. The van der Waals surface area contributed by atoms with Gasteiger partial charge in [0.1, 0.15) is 0 Å². The molecule has 2 aliphatic rings. The van der Waals surface area contributed by atoms with E-state index in [1.165, 1.54) is 38.8 Å². The predicted octanol–water partition coefficient (Wildman–Crippen LogP) is 1.17. The lowest BCUT2D eigenvalue weighted by Gasteiger charge is -2.40. The van der Waals surface area contributed by atoms with E-state index in [-0.39, 0.29) is 0 Å². The average Bonchev–Trinajstić information content (AvgIpc) is 2.07. The lowest BCUT2D eigenvalue weighted by atomic mass is 9.77. The maximum absolute atomic E-state index is 5.52. The second kappa shape index (κ2) is 3.11. The molecule has 1 N–H and O–H groups in total. The molecule has 0 amide bonds. The van der Waals surface area contributed by atoms with E-state index in [0.29, 0.717) is 5.41 Å². The van der Waals surface area contributed by atoms with Crippen molar-refractivity contribution in [3.8, 4) is 0 Å². The van der Waals surface area contributed by atoms with Crippen LogP contribution in [0, 0.1) is 5.41 Å². The van der Waals surface area contributed by atoms with Gasteiger partial charge in [-0.15, -0.1) is 0 Å². The molecule has 0 bridgehead atoms. The third kappa shape index (κ3) is 1.57. The monoisotopic (exact) mass is 155 g/mol. The van der Waals surface area contributed by atoms with Crippen LogP contribution in [0.1, 0.15) is 25.7 Å². The smallest absolute Gasteiger partial charge is 0.0534 e.